The normalized spacial score (nSPS) is 11.1. The molecule has 2 rings (SSSR count). The zero-order valence-electron chi connectivity index (χ0n) is 11.5. The Morgan fingerprint density at radius 1 is 1.00 bits per heavy atom. The quantitative estimate of drug-likeness (QED) is 0.920. The fourth-order valence-electron chi connectivity index (χ4n) is 1.72. The molecule has 4 nitrogen and oxygen atoms in total. The van der Waals surface area contributed by atoms with Crippen molar-refractivity contribution < 1.29 is 13.2 Å². The summed E-state index contributed by atoms with van der Waals surface area (Å²) in [6.07, 6.45) is 0. The third-order valence-electron chi connectivity index (χ3n) is 2.75. The van der Waals surface area contributed by atoms with E-state index in [9.17, 15) is 8.42 Å². The van der Waals surface area contributed by atoms with Crippen LogP contribution in [0.3, 0.4) is 0 Å². The summed E-state index contributed by atoms with van der Waals surface area (Å²) >= 11 is 0. The van der Waals surface area contributed by atoms with Gasteiger partial charge in [-0.2, -0.15) is 0 Å². The number of hydrogen-bond donors (Lipinski definition) is 1. The SMILES string of the molecule is CCOc1ccc(NS(=O)(=O)c2ccc(C)cc2)cc1. The minimum absolute atomic E-state index is 0.247. The van der Waals surface area contributed by atoms with Crippen LogP contribution >= 0.6 is 0 Å². The lowest BCUT2D eigenvalue weighted by Gasteiger charge is -2.09. The van der Waals surface area contributed by atoms with E-state index in [-0.39, 0.29) is 4.90 Å². The van der Waals surface area contributed by atoms with Gasteiger partial charge in [-0.05, 0) is 50.2 Å². The van der Waals surface area contributed by atoms with Crippen LogP contribution in [-0.2, 0) is 10.0 Å². The van der Waals surface area contributed by atoms with Gasteiger partial charge in [0.15, 0.2) is 0 Å². The van der Waals surface area contributed by atoms with Gasteiger partial charge < -0.3 is 4.74 Å². The van der Waals surface area contributed by atoms with Gasteiger partial charge in [0.25, 0.3) is 10.0 Å². The number of aryl methyl sites for hydroxylation is 1. The fraction of sp³-hybridized carbons (Fsp3) is 0.200. The number of rotatable bonds is 5. The van der Waals surface area contributed by atoms with Gasteiger partial charge in [0.05, 0.1) is 11.5 Å². The number of nitrogens with one attached hydrogen (secondary N) is 1. The monoisotopic (exact) mass is 291 g/mol. The molecular weight excluding hydrogens is 274 g/mol. The van der Waals surface area contributed by atoms with Gasteiger partial charge in [-0.15, -0.1) is 0 Å². The molecule has 0 atom stereocenters. The topological polar surface area (TPSA) is 55.4 Å². The zero-order valence-corrected chi connectivity index (χ0v) is 12.3. The third kappa shape index (κ3) is 3.51. The maximum atomic E-state index is 12.2. The standard InChI is InChI=1S/C15H17NO3S/c1-3-19-14-8-6-13(7-9-14)16-20(17,18)15-10-4-12(2)5-11-15/h4-11,16H,3H2,1-2H3. The van der Waals surface area contributed by atoms with E-state index in [1.165, 1.54) is 0 Å². The van der Waals surface area contributed by atoms with Crippen molar-refractivity contribution in [1.82, 2.24) is 0 Å². The van der Waals surface area contributed by atoms with Crippen LogP contribution in [0.25, 0.3) is 0 Å². The molecule has 106 valence electrons. The fourth-order valence-corrected chi connectivity index (χ4v) is 2.78. The summed E-state index contributed by atoms with van der Waals surface area (Å²) in [6.45, 7) is 4.39. The Hall–Kier alpha value is -2.01. The zero-order chi connectivity index (χ0) is 14.6. The molecule has 0 bridgehead atoms. The molecule has 0 saturated heterocycles. The van der Waals surface area contributed by atoms with Gasteiger partial charge in [-0.3, -0.25) is 4.72 Å². The Bertz CT molecular complexity index is 661. The van der Waals surface area contributed by atoms with Crippen molar-refractivity contribution in [2.75, 3.05) is 11.3 Å². The van der Waals surface area contributed by atoms with Gasteiger partial charge in [-0.1, -0.05) is 17.7 Å². The molecule has 2 aromatic rings. The molecule has 1 N–H and O–H groups in total. The summed E-state index contributed by atoms with van der Waals surface area (Å²) in [5, 5.41) is 0. The summed E-state index contributed by atoms with van der Waals surface area (Å²) in [7, 11) is -3.55. The van der Waals surface area contributed by atoms with Crippen LogP contribution in [0.15, 0.2) is 53.4 Å². The molecular formula is C15H17NO3S. The summed E-state index contributed by atoms with van der Waals surface area (Å²) < 4.78 is 32.2. The lowest BCUT2D eigenvalue weighted by Crippen LogP contribution is -2.12. The molecule has 0 amide bonds. The first-order valence-electron chi connectivity index (χ1n) is 6.33. The average Bonchev–Trinajstić information content (AvgIpc) is 2.41. The highest BCUT2D eigenvalue weighted by molar-refractivity contribution is 7.92. The van der Waals surface area contributed by atoms with Crippen LogP contribution in [0.5, 0.6) is 5.75 Å². The van der Waals surface area contributed by atoms with Gasteiger partial charge >= 0.3 is 0 Å². The van der Waals surface area contributed by atoms with Crippen LogP contribution in [0.2, 0.25) is 0 Å². The molecule has 5 heteroatoms. The number of ether oxygens (including phenoxy) is 1. The van der Waals surface area contributed by atoms with E-state index in [1.54, 1.807) is 48.5 Å². The maximum Gasteiger partial charge on any atom is 0.261 e. The van der Waals surface area contributed by atoms with E-state index in [0.717, 1.165) is 5.56 Å². The summed E-state index contributed by atoms with van der Waals surface area (Å²) in [6, 6.07) is 13.5. The van der Waals surface area contributed by atoms with E-state index < -0.39 is 10.0 Å². The van der Waals surface area contributed by atoms with Crippen molar-refractivity contribution in [2.45, 2.75) is 18.7 Å². The Morgan fingerprint density at radius 2 is 1.60 bits per heavy atom. The summed E-state index contributed by atoms with van der Waals surface area (Å²) in [4.78, 5) is 0.247. The first kappa shape index (κ1) is 14.4. The van der Waals surface area contributed by atoms with Crippen LogP contribution in [-0.4, -0.2) is 15.0 Å². The molecule has 0 radical (unpaired) electrons. The lowest BCUT2D eigenvalue weighted by atomic mass is 10.2. The molecule has 0 unspecified atom stereocenters. The van der Waals surface area contributed by atoms with Crippen LogP contribution in [0, 0.1) is 6.92 Å². The Labute approximate surface area is 119 Å². The number of anilines is 1. The first-order chi connectivity index (χ1) is 9.51. The molecule has 0 aromatic heterocycles. The summed E-state index contributed by atoms with van der Waals surface area (Å²) in [5.41, 5.74) is 1.53. The predicted molar refractivity (Wildman–Crippen MR) is 79.6 cm³/mol. The molecule has 0 aliphatic rings. The van der Waals surface area contributed by atoms with Crippen molar-refractivity contribution in [1.29, 1.82) is 0 Å². The van der Waals surface area contributed by atoms with Gasteiger partial charge in [-0.25, -0.2) is 8.42 Å². The molecule has 20 heavy (non-hydrogen) atoms. The predicted octanol–water partition coefficient (Wildman–Crippen LogP) is 3.19. The highest BCUT2D eigenvalue weighted by atomic mass is 32.2. The lowest BCUT2D eigenvalue weighted by molar-refractivity contribution is 0.340. The minimum atomic E-state index is -3.55. The number of sulfonamides is 1. The van der Waals surface area contributed by atoms with Crippen molar-refractivity contribution in [3.05, 3.63) is 54.1 Å². The summed E-state index contributed by atoms with van der Waals surface area (Å²) in [5.74, 6) is 0.714. The molecule has 0 spiro atoms. The molecule has 0 fully saturated rings. The molecule has 2 aromatic carbocycles. The van der Waals surface area contributed by atoms with E-state index in [1.807, 2.05) is 13.8 Å². The van der Waals surface area contributed by atoms with Crippen LogP contribution in [0.1, 0.15) is 12.5 Å². The van der Waals surface area contributed by atoms with E-state index in [4.69, 9.17) is 4.74 Å². The Kier molecular flexibility index (Phi) is 4.29. The second-order valence-corrected chi connectivity index (χ2v) is 6.06. The van der Waals surface area contributed by atoms with Crippen LogP contribution < -0.4 is 9.46 Å². The highest BCUT2D eigenvalue weighted by Crippen LogP contribution is 2.19. The van der Waals surface area contributed by atoms with E-state index >= 15 is 0 Å². The Balaban J connectivity index is 2.17. The van der Waals surface area contributed by atoms with E-state index in [0.29, 0.717) is 18.0 Å². The Morgan fingerprint density at radius 3 is 2.15 bits per heavy atom. The van der Waals surface area contributed by atoms with Gasteiger partial charge in [0.2, 0.25) is 0 Å². The third-order valence-corrected chi connectivity index (χ3v) is 4.15. The smallest absolute Gasteiger partial charge is 0.261 e. The largest absolute Gasteiger partial charge is 0.494 e. The van der Waals surface area contributed by atoms with Crippen molar-refractivity contribution >= 4 is 15.7 Å². The minimum Gasteiger partial charge on any atom is -0.494 e. The van der Waals surface area contributed by atoms with Gasteiger partial charge in [0, 0.05) is 5.69 Å². The average molecular weight is 291 g/mol. The second kappa shape index (κ2) is 5.96. The van der Waals surface area contributed by atoms with Crippen molar-refractivity contribution in [3.63, 3.8) is 0 Å². The number of benzene rings is 2. The van der Waals surface area contributed by atoms with Crippen molar-refractivity contribution in [2.24, 2.45) is 0 Å². The maximum absolute atomic E-state index is 12.2. The van der Waals surface area contributed by atoms with Crippen molar-refractivity contribution in [3.8, 4) is 5.75 Å². The number of hydrogen-bond acceptors (Lipinski definition) is 3. The van der Waals surface area contributed by atoms with Gasteiger partial charge in [0.1, 0.15) is 5.75 Å². The van der Waals surface area contributed by atoms with E-state index in [2.05, 4.69) is 4.72 Å². The second-order valence-electron chi connectivity index (χ2n) is 4.38. The first-order valence-corrected chi connectivity index (χ1v) is 7.82. The molecule has 0 aliphatic heterocycles. The molecule has 0 aliphatic carbocycles. The van der Waals surface area contributed by atoms with Crippen LogP contribution in [0.4, 0.5) is 5.69 Å². The molecule has 0 heterocycles. The highest BCUT2D eigenvalue weighted by Gasteiger charge is 2.13. The molecule has 0 saturated carbocycles.